The second kappa shape index (κ2) is 7.44. The molecule has 0 amide bonds. The van der Waals surface area contributed by atoms with E-state index >= 15 is 0 Å². The Hall–Kier alpha value is -1.84. The van der Waals surface area contributed by atoms with Crippen LogP contribution in [0.3, 0.4) is 0 Å². The molecule has 2 aromatic rings. The maximum absolute atomic E-state index is 10.2. The van der Waals surface area contributed by atoms with Crippen LogP contribution < -0.4 is 0 Å². The van der Waals surface area contributed by atoms with Crippen LogP contribution >= 0.6 is 0 Å². The zero-order valence-electron chi connectivity index (χ0n) is 8.68. The quantitative estimate of drug-likeness (QED) is 0.650. The molecule has 0 saturated heterocycles. The van der Waals surface area contributed by atoms with Gasteiger partial charge in [-0.3, -0.25) is 9.59 Å². The third-order valence-electron chi connectivity index (χ3n) is 1.80. The first-order chi connectivity index (χ1) is 7.61. The standard InChI is InChI=1S/C7H5O4.C5H5.Fe/c8-6(9)4-1-2-5(3-4)7(10)11;1-2-4-5-3-1;/h1-3H,(H,8,9)(H,10,11);1-5H;/q-1;-5;. The minimum absolute atomic E-state index is 0. The van der Waals surface area contributed by atoms with E-state index in [2.05, 4.69) is 0 Å². The summed E-state index contributed by atoms with van der Waals surface area (Å²) in [4.78, 5) is 20.5. The van der Waals surface area contributed by atoms with Crippen molar-refractivity contribution < 1.29 is 36.9 Å². The minimum atomic E-state index is -1.11. The SMILES string of the molecule is O=C(O)c1cc[c-](C(=O)O)c1.[Fe].[cH-]1[cH-][cH-][cH-][cH-]1. The zero-order valence-corrected chi connectivity index (χ0v) is 9.79. The van der Waals surface area contributed by atoms with Gasteiger partial charge in [0.1, 0.15) is 0 Å². The van der Waals surface area contributed by atoms with Crippen molar-refractivity contribution in [2.75, 3.05) is 0 Å². The molecule has 2 aromatic carbocycles. The third kappa shape index (κ3) is 5.15. The predicted molar refractivity (Wildman–Crippen MR) is 58.0 cm³/mol. The van der Waals surface area contributed by atoms with Gasteiger partial charge in [0.25, 0.3) is 11.9 Å². The summed E-state index contributed by atoms with van der Waals surface area (Å²) in [7, 11) is 0. The molecule has 17 heavy (non-hydrogen) atoms. The van der Waals surface area contributed by atoms with Gasteiger partial charge in [-0.25, -0.2) is 0 Å². The van der Waals surface area contributed by atoms with Gasteiger partial charge in [-0.05, 0) is 0 Å². The molecule has 0 bridgehead atoms. The van der Waals surface area contributed by atoms with Crippen molar-refractivity contribution in [1.82, 2.24) is 0 Å². The molecule has 0 atom stereocenters. The van der Waals surface area contributed by atoms with Crippen molar-refractivity contribution in [3.63, 3.8) is 0 Å². The molecule has 5 heteroatoms. The van der Waals surface area contributed by atoms with Crippen molar-refractivity contribution in [3.8, 4) is 0 Å². The van der Waals surface area contributed by atoms with E-state index in [-0.39, 0.29) is 28.2 Å². The largest absolute Gasteiger partial charge is 0.748 e. The number of carbonyl (C=O) groups is 2. The summed E-state index contributed by atoms with van der Waals surface area (Å²) in [6.45, 7) is 0. The molecule has 0 aromatic heterocycles. The fraction of sp³-hybridized carbons (Fsp3) is 0. The van der Waals surface area contributed by atoms with Gasteiger partial charge in [0.05, 0.1) is 0 Å². The fourth-order valence-corrected chi connectivity index (χ4v) is 1.03. The molecular formula is C12H10FeO4-6. The Morgan fingerprint density at radius 1 is 1.06 bits per heavy atom. The second-order valence-electron chi connectivity index (χ2n) is 2.96. The van der Waals surface area contributed by atoms with Gasteiger partial charge in [0, 0.05) is 17.1 Å². The molecule has 0 aliphatic heterocycles. The number of hydrogen-bond acceptors (Lipinski definition) is 2. The monoisotopic (exact) mass is 274 g/mol. The second-order valence-corrected chi connectivity index (χ2v) is 2.96. The van der Waals surface area contributed by atoms with Crippen LogP contribution in [0.15, 0.2) is 48.5 Å². The fourth-order valence-electron chi connectivity index (χ4n) is 1.03. The van der Waals surface area contributed by atoms with E-state index in [9.17, 15) is 9.59 Å². The smallest absolute Gasteiger partial charge is 0.278 e. The van der Waals surface area contributed by atoms with Gasteiger partial charge < -0.3 is 40.5 Å². The molecule has 0 aliphatic rings. The molecule has 2 rings (SSSR count). The summed E-state index contributed by atoms with van der Waals surface area (Å²) in [6.07, 6.45) is 0. The van der Waals surface area contributed by atoms with Gasteiger partial charge >= 0.3 is 0 Å². The molecule has 0 fully saturated rings. The molecule has 0 unspecified atom stereocenters. The van der Waals surface area contributed by atoms with Crippen LogP contribution in [0.25, 0.3) is 0 Å². The maximum Gasteiger partial charge on any atom is 0.278 e. The summed E-state index contributed by atoms with van der Waals surface area (Å²) < 4.78 is 0. The Bertz CT molecular complexity index is 411. The van der Waals surface area contributed by atoms with Crippen molar-refractivity contribution >= 4 is 11.9 Å². The first-order valence-corrected chi connectivity index (χ1v) is 4.51. The van der Waals surface area contributed by atoms with Crippen LogP contribution in [0, 0.1) is 0 Å². The van der Waals surface area contributed by atoms with Crippen LogP contribution in [0.4, 0.5) is 0 Å². The van der Waals surface area contributed by atoms with Crippen molar-refractivity contribution in [1.29, 1.82) is 0 Å². The predicted octanol–water partition coefficient (Wildman–Crippen LogP) is 2.20. The first-order valence-electron chi connectivity index (χ1n) is 4.51. The molecule has 0 spiro atoms. The van der Waals surface area contributed by atoms with Crippen LogP contribution in [0.5, 0.6) is 0 Å². The number of aromatic carboxylic acids is 2. The molecule has 0 saturated carbocycles. The van der Waals surface area contributed by atoms with Gasteiger partial charge in [-0.15, -0.1) is 0 Å². The first kappa shape index (κ1) is 15.2. The Kier molecular flexibility index (Phi) is 6.63. The van der Waals surface area contributed by atoms with E-state index in [4.69, 9.17) is 10.2 Å². The average Bonchev–Trinajstić information content (AvgIpc) is 2.93. The van der Waals surface area contributed by atoms with Crippen LogP contribution in [0.1, 0.15) is 20.7 Å². The number of carboxylic acids is 2. The van der Waals surface area contributed by atoms with E-state index < -0.39 is 11.9 Å². The molecular weight excluding hydrogens is 264 g/mol. The molecule has 4 nitrogen and oxygen atoms in total. The maximum atomic E-state index is 10.2. The van der Waals surface area contributed by atoms with Crippen LogP contribution in [-0.4, -0.2) is 22.2 Å². The van der Waals surface area contributed by atoms with Crippen LogP contribution in [-0.2, 0) is 17.1 Å². The Morgan fingerprint density at radius 3 is 1.76 bits per heavy atom. The van der Waals surface area contributed by atoms with E-state index in [1.54, 1.807) is 0 Å². The van der Waals surface area contributed by atoms with Gasteiger partial charge in [-0.1, -0.05) is 11.1 Å². The summed E-state index contributed by atoms with van der Waals surface area (Å²) in [6, 6.07) is 13.6. The molecule has 2 N–H and O–H groups in total. The topological polar surface area (TPSA) is 74.6 Å². The van der Waals surface area contributed by atoms with Gasteiger partial charge in [-0.2, -0.15) is 18.2 Å². The van der Waals surface area contributed by atoms with E-state index in [0.717, 1.165) is 6.07 Å². The number of hydrogen-bond donors (Lipinski definition) is 2. The number of rotatable bonds is 2. The van der Waals surface area contributed by atoms with E-state index in [1.807, 2.05) is 30.3 Å². The van der Waals surface area contributed by atoms with Crippen molar-refractivity contribution in [2.24, 2.45) is 0 Å². The van der Waals surface area contributed by atoms with E-state index in [0.29, 0.717) is 0 Å². The third-order valence-corrected chi connectivity index (χ3v) is 1.80. The normalized spacial score (nSPS) is 8.47. The average molecular weight is 274 g/mol. The molecule has 0 radical (unpaired) electrons. The molecule has 0 heterocycles. The zero-order chi connectivity index (χ0) is 12.0. The summed E-state index contributed by atoms with van der Waals surface area (Å²) in [5.41, 5.74) is 0.00444. The molecule has 0 aliphatic carbocycles. The van der Waals surface area contributed by atoms with E-state index in [1.165, 1.54) is 12.1 Å². The Balaban J connectivity index is 0.000000360. The van der Waals surface area contributed by atoms with Gasteiger partial charge in [0.2, 0.25) is 0 Å². The Labute approximate surface area is 109 Å². The molecule has 96 valence electrons. The summed E-state index contributed by atoms with van der Waals surface area (Å²) in [5.74, 6) is -2.23. The van der Waals surface area contributed by atoms with Crippen molar-refractivity contribution in [3.05, 3.63) is 59.7 Å². The minimum Gasteiger partial charge on any atom is -0.748 e. The summed E-state index contributed by atoms with van der Waals surface area (Å²) >= 11 is 0. The van der Waals surface area contributed by atoms with Crippen molar-refractivity contribution in [2.45, 2.75) is 0 Å². The Morgan fingerprint density at radius 2 is 1.53 bits per heavy atom. The number of carboxylic acid groups (broad SMARTS) is 2. The summed E-state index contributed by atoms with van der Waals surface area (Å²) in [5, 5.41) is 16.8. The van der Waals surface area contributed by atoms with Crippen LogP contribution in [0.2, 0.25) is 0 Å². The van der Waals surface area contributed by atoms with Gasteiger partial charge in [0.15, 0.2) is 0 Å².